The second kappa shape index (κ2) is 6.86. The van der Waals surface area contributed by atoms with Crippen LogP contribution in [0.5, 0.6) is 0 Å². The number of hydrogen-bond acceptors (Lipinski definition) is 3. The lowest BCUT2D eigenvalue weighted by molar-refractivity contribution is -0.122. The summed E-state index contributed by atoms with van der Waals surface area (Å²) in [5, 5.41) is 2.91. The van der Waals surface area contributed by atoms with Crippen LogP contribution in [0, 0.1) is 0 Å². The first-order valence-corrected chi connectivity index (χ1v) is 6.10. The highest BCUT2D eigenvalue weighted by Gasteiger charge is 2.21. The Kier molecular flexibility index (Phi) is 6.60. The summed E-state index contributed by atoms with van der Waals surface area (Å²) in [5.41, 5.74) is 5.85. The van der Waals surface area contributed by atoms with E-state index in [0.717, 1.165) is 12.8 Å². The topological polar surface area (TPSA) is 58.4 Å². The molecular weight excluding hydrogens is 202 g/mol. The van der Waals surface area contributed by atoms with Crippen LogP contribution < -0.4 is 11.1 Å². The van der Waals surface area contributed by atoms with Crippen LogP contribution in [0.4, 0.5) is 0 Å². The molecular formula is C12H27N3O. The maximum absolute atomic E-state index is 11.6. The summed E-state index contributed by atoms with van der Waals surface area (Å²) in [7, 11) is 1.94. The van der Waals surface area contributed by atoms with Crippen molar-refractivity contribution in [1.82, 2.24) is 10.2 Å². The average Bonchev–Trinajstić information content (AvgIpc) is 2.25. The number of rotatable bonds is 7. The minimum Gasteiger partial charge on any atom is -0.353 e. The van der Waals surface area contributed by atoms with Crippen LogP contribution in [0.2, 0.25) is 0 Å². The predicted molar refractivity (Wildman–Crippen MR) is 68.3 cm³/mol. The van der Waals surface area contributed by atoms with Gasteiger partial charge in [0.05, 0.1) is 6.54 Å². The number of nitrogens with zero attached hydrogens (tertiary/aromatic N) is 1. The van der Waals surface area contributed by atoms with E-state index in [9.17, 15) is 4.79 Å². The van der Waals surface area contributed by atoms with Crippen LogP contribution in [0.3, 0.4) is 0 Å². The number of likely N-dealkylation sites (N-methyl/N-ethyl adjacent to an activating group) is 1. The number of nitrogens with one attached hydrogen (secondary N) is 1. The van der Waals surface area contributed by atoms with Gasteiger partial charge in [-0.15, -0.1) is 0 Å². The van der Waals surface area contributed by atoms with Crippen molar-refractivity contribution < 1.29 is 4.79 Å². The van der Waals surface area contributed by atoms with Gasteiger partial charge in [0.1, 0.15) is 0 Å². The Balaban J connectivity index is 3.98. The Hall–Kier alpha value is -0.610. The van der Waals surface area contributed by atoms with E-state index < -0.39 is 0 Å². The first kappa shape index (κ1) is 15.4. The van der Waals surface area contributed by atoms with E-state index in [0.29, 0.717) is 19.1 Å². The van der Waals surface area contributed by atoms with Crippen molar-refractivity contribution in [2.75, 3.05) is 20.1 Å². The SMILES string of the molecule is CCC(N)(CC)CNC(=O)CN(C)C(C)C. The normalized spacial score (nSPS) is 12.2. The van der Waals surface area contributed by atoms with Crippen molar-refractivity contribution >= 4 is 5.91 Å². The van der Waals surface area contributed by atoms with E-state index in [-0.39, 0.29) is 11.4 Å². The molecule has 96 valence electrons. The summed E-state index contributed by atoms with van der Waals surface area (Å²) in [6.07, 6.45) is 1.76. The van der Waals surface area contributed by atoms with E-state index in [1.54, 1.807) is 0 Å². The van der Waals surface area contributed by atoms with E-state index in [4.69, 9.17) is 5.73 Å². The maximum Gasteiger partial charge on any atom is 0.234 e. The predicted octanol–water partition coefficient (Wildman–Crippen LogP) is 0.960. The molecule has 0 rings (SSSR count). The van der Waals surface area contributed by atoms with Gasteiger partial charge in [-0.3, -0.25) is 9.69 Å². The van der Waals surface area contributed by atoms with Gasteiger partial charge in [-0.25, -0.2) is 0 Å². The quantitative estimate of drug-likeness (QED) is 0.683. The van der Waals surface area contributed by atoms with Gasteiger partial charge in [-0.2, -0.15) is 0 Å². The fraction of sp³-hybridized carbons (Fsp3) is 0.917. The molecule has 0 aromatic rings. The molecule has 4 heteroatoms. The Morgan fingerprint density at radius 1 is 1.38 bits per heavy atom. The molecule has 16 heavy (non-hydrogen) atoms. The number of carbonyl (C=O) groups is 1. The van der Waals surface area contributed by atoms with Gasteiger partial charge in [0.15, 0.2) is 0 Å². The van der Waals surface area contributed by atoms with Crippen LogP contribution in [0.15, 0.2) is 0 Å². The highest BCUT2D eigenvalue weighted by molar-refractivity contribution is 5.78. The molecule has 0 spiro atoms. The lowest BCUT2D eigenvalue weighted by Crippen LogP contribution is -2.51. The van der Waals surface area contributed by atoms with Gasteiger partial charge in [0.2, 0.25) is 5.91 Å². The van der Waals surface area contributed by atoms with Crippen molar-refractivity contribution in [3.8, 4) is 0 Å². The van der Waals surface area contributed by atoms with Crippen LogP contribution in [-0.2, 0) is 4.79 Å². The molecule has 0 heterocycles. The fourth-order valence-corrected chi connectivity index (χ4v) is 1.24. The van der Waals surface area contributed by atoms with Crippen molar-refractivity contribution in [2.45, 2.75) is 52.1 Å². The summed E-state index contributed by atoms with van der Waals surface area (Å²) < 4.78 is 0. The summed E-state index contributed by atoms with van der Waals surface area (Å²) in [5.74, 6) is 0.0490. The van der Waals surface area contributed by atoms with Gasteiger partial charge in [0.25, 0.3) is 0 Å². The van der Waals surface area contributed by atoms with Gasteiger partial charge in [-0.05, 0) is 33.7 Å². The molecule has 0 saturated carbocycles. The van der Waals surface area contributed by atoms with Gasteiger partial charge >= 0.3 is 0 Å². The Bertz CT molecular complexity index is 212. The second-order valence-electron chi connectivity index (χ2n) is 4.86. The standard InChI is InChI=1S/C12H27N3O/c1-6-12(13,7-2)9-14-11(16)8-15(5)10(3)4/h10H,6-9,13H2,1-5H3,(H,14,16). The van der Waals surface area contributed by atoms with E-state index in [2.05, 4.69) is 33.0 Å². The van der Waals surface area contributed by atoms with Crippen molar-refractivity contribution in [1.29, 1.82) is 0 Å². The van der Waals surface area contributed by atoms with Crippen LogP contribution in [0.1, 0.15) is 40.5 Å². The largest absolute Gasteiger partial charge is 0.353 e. The molecule has 0 aliphatic heterocycles. The van der Waals surface area contributed by atoms with Crippen molar-refractivity contribution in [3.63, 3.8) is 0 Å². The monoisotopic (exact) mass is 229 g/mol. The average molecular weight is 229 g/mol. The zero-order chi connectivity index (χ0) is 12.8. The lowest BCUT2D eigenvalue weighted by Gasteiger charge is -2.27. The molecule has 0 saturated heterocycles. The third-order valence-electron chi connectivity index (χ3n) is 3.32. The smallest absolute Gasteiger partial charge is 0.234 e. The highest BCUT2D eigenvalue weighted by atomic mass is 16.2. The zero-order valence-corrected chi connectivity index (χ0v) is 11.3. The summed E-state index contributed by atoms with van der Waals surface area (Å²) in [4.78, 5) is 13.6. The van der Waals surface area contributed by atoms with E-state index in [1.165, 1.54) is 0 Å². The Labute approximate surface area is 99.6 Å². The first-order valence-electron chi connectivity index (χ1n) is 6.10. The molecule has 0 bridgehead atoms. The molecule has 0 aromatic heterocycles. The van der Waals surface area contributed by atoms with E-state index in [1.807, 2.05) is 11.9 Å². The Morgan fingerprint density at radius 3 is 2.25 bits per heavy atom. The molecule has 0 aromatic carbocycles. The molecule has 0 unspecified atom stereocenters. The number of carbonyl (C=O) groups excluding carboxylic acids is 1. The maximum atomic E-state index is 11.6. The third-order valence-corrected chi connectivity index (χ3v) is 3.32. The molecule has 0 atom stereocenters. The zero-order valence-electron chi connectivity index (χ0n) is 11.3. The Morgan fingerprint density at radius 2 is 1.88 bits per heavy atom. The number of amides is 1. The van der Waals surface area contributed by atoms with Crippen molar-refractivity contribution in [3.05, 3.63) is 0 Å². The molecule has 0 radical (unpaired) electrons. The lowest BCUT2D eigenvalue weighted by atomic mass is 9.94. The number of hydrogen-bond donors (Lipinski definition) is 2. The molecule has 0 aliphatic carbocycles. The summed E-state index contributed by atoms with van der Waals surface area (Å²) >= 11 is 0. The van der Waals surface area contributed by atoms with Crippen LogP contribution in [0.25, 0.3) is 0 Å². The summed E-state index contributed by atoms with van der Waals surface area (Å²) in [6, 6.07) is 0.380. The third kappa shape index (κ3) is 5.47. The molecule has 1 amide bonds. The second-order valence-corrected chi connectivity index (χ2v) is 4.86. The minimum atomic E-state index is -0.258. The van der Waals surface area contributed by atoms with E-state index >= 15 is 0 Å². The van der Waals surface area contributed by atoms with Crippen molar-refractivity contribution in [2.24, 2.45) is 5.73 Å². The highest BCUT2D eigenvalue weighted by Crippen LogP contribution is 2.09. The molecule has 0 aliphatic rings. The van der Waals surface area contributed by atoms with Crippen LogP contribution in [-0.4, -0.2) is 42.5 Å². The van der Waals surface area contributed by atoms with Gasteiger partial charge < -0.3 is 11.1 Å². The first-order chi connectivity index (χ1) is 7.34. The van der Waals surface area contributed by atoms with Gasteiger partial charge in [-0.1, -0.05) is 13.8 Å². The molecule has 4 nitrogen and oxygen atoms in total. The fourth-order valence-electron chi connectivity index (χ4n) is 1.24. The molecule has 3 N–H and O–H groups in total. The minimum absolute atomic E-state index is 0.0490. The number of nitrogens with two attached hydrogens (primary N) is 1. The van der Waals surface area contributed by atoms with Gasteiger partial charge in [0, 0.05) is 18.1 Å². The molecule has 0 fully saturated rings. The summed E-state index contributed by atoms with van der Waals surface area (Å²) in [6.45, 7) is 9.23. The van der Waals surface area contributed by atoms with Crippen LogP contribution >= 0.6 is 0 Å².